The van der Waals surface area contributed by atoms with Gasteiger partial charge < -0.3 is 5.32 Å². The monoisotopic (exact) mass is 420 g/mol. The lowest BCUT2D eigenvalue weighted by Gasteiger charge is -2.28. The summed E-state index contributed by atoms with van der Waals surface area (Å²) in [6.45, 7) is 1.48. The molecule has 0 saturated carbocycles. The summed E-state index contributed by atoms with van der Waals surface area (Å²) in [6.07, 6.45) is 1.02. The van der Waals surface area contributed by atoms with Gasteiger partial charge in [0.25, 0.3) is 0 Å². The summed E-state index contributed by atoms with van der Waals surface area (Å²) in [5, 5.41) is 3.68. The van der Waals surface area contributed by atoms with Gasteiger partial charge in [-0.2, -0.15) is 0 Å². The molecule has 0 fully saturated rings. The molecular weight excluding hydrogens is 407 g/mol. The maximum absolute atomic E-state index is 12.5. The molecule has 134 valence electrons. The van der Waals surface area contributed by atoms with E-state index in [2.05, 4.69) is 5.32 Å². The van der Waals surface area contributed by atoms with Crippen molar-refractivity contribution in [2.24, 2.45) is 0 Å². The lowest BCUT2D eigenvalue weighted by molar-refractivity contribution is -0.116. The SMILES string of the molecule is C[C@@H](C(=O)Nc1cc(Cl)cc(Cl)c1)N(c1cccc(Cl)c1)S(C)(=O)=O. The van der Waals surface area contributed by atoms with E-state index in [0.717, 1.165) is 10.6 Å². The number of nitrogens with zero attached hydrogens (tertiary/aromatic N) is 1. The van der Waals surface area contributed by atoms with Gasteiger partial charge >= 0.3 is 0 Å². The van der Waals surface area contributed by atoms with Crippen LogP contribution in [0.1, 0.15) is 6.92 Å². The van der Waals surface area contributed by atoms with Gasteiger partial charge in [-0.15, -0.1) is 0 Å². The van der Waals surface area contributed by atoms with Crippen LogP contribution < -0.4 is 9.62 Å². The number of hydrogen-bond acceptors (Lipinski definition) is 3. The molecule has 0 aliphatic rings. The van der Waals surface area contributed by atoms with Crippen LogP contribution in [-0.4, -0.2) is 26.6 Å². The van der Waals surface area contributed by atoms with E-state index in [1.54, 1.807) is 18.2 Å². The largest absolute Gasteiger partial charge is 0.324 e. The summed E-state index contributed by atoms with van der Waals surface area (Å²) in [5.74, 6) is -0.538. The van der Waals surface area contributed by atoms with Crippen LogP contribution in [0.5, 0.6) is 0 Å². The minimum atomic E-state index is -3.73. The van der Waals surface area contributed by atoms with Gasteiger partial charge in [0.1, 0.15) is 6.04 Å². The van der Waals surface area contributed by atoms with Crippen molar-refractivity contribution in [3.63, 3.8) is 0 Å². The summed E-state index contributed by atoms with van der Waals surface area (Å²) in [5.41, 5.74) is 0.663. The highest BCUT2D eigenvalue weighted by molar-refractivity contribution is 7.92. The Labute approximate surface area is 161 Å². The summed E-state index contributed by atoms with van der Waals surface area (Å²) in [7, 11) is -3.73. The molecule has 0 aromatic heterocycles. The fourth-order valence-corrected chi connectivity index (χ4v) is 4.17. The molecule has 0 radical (unpaired) electrons. The third-order valence-corrected chi connectivity index (χ3v) is 5.19. The third-order valence-electron chi connectivity index (χ3n) is 3.28. The Morgan fingerprint density at radius 1 is 1.04 bits per heavy atom. The molecule has 0 bridgehead atoms. The highest BCUT2D eigenvalue weighted by Crippen LogP contribution is 2.26. The van der Waals surface area contributed by atoms with Crippen molar-refractivity contribution < 1.29 is 13.2 Å². The lowest BCUT2D eigenvalue weighted by Crippen LogP contribution is -2.45. The Hall–Kier alpha value is -1.47. The topological polar surface area (TPSA) is 66.5 Å². The summed E-state index contributed by atoms with van der Waals surface area (Å²) < 4.78 is 25.4. The van der Waals surface area contributed by atoms with E-state index in [1.807, 2.05) is 0 Å². The molecule has 2 rings (SSSR count). The first kappa shape index (κ1) is 19.8. The number of hydrogen-bond donors (Lipinski definition) is 1. The molecule has 2 aromatic carbocycles. The van der Waals surface area contributed by atoms with E-state index in [1.165, 1.54) is 31.2 Å². The molecule has 9 heteroatoms. The minimum absolute atomic E-state index is 0.293. The minimum Gasteiger partial charge on any atom is -0.324 e. The number of sulfonamides is 1. The number of carbonyl (C=O) groups is 1. The van der Waals surface area contributed by atoms with E-state index in [-0.39, 0.29) is 0 Å². The number of anilines is 2. The number of nitrogens with one attached hydrogen (secondary N) is 1. The van der Waals surface area contributed by atoms with Crippen molar-refractivity contribution in [3.05, 3.63) is 57.5 Å². The standard InChI is InChI=1S/C16H15Cl3N2O3S/c1-10(16(22)20-14-7-12(18)6-13(19)8-14)21(25(2,23)24)15-5-3-4-11(17)9-15/h3-10H,1-2H3,(H,20,22)/t10-/m0/s1. The summed E-state index contributed by atoms with van der Waals surface area (Å²) >= 11 is 17.7. The van der Waals surface area contributed by atoms with Crippen LogP contribution >= 0.6 is 34.8 Å². The molecule has 0 aliphatic carbocycles. The van der Waals surface area contributed by atoms with Gasteiger partial charge in [0.2, 0.25) is 15.9 Å². The summed E-state index contributed by atoms with van der Waals surface area (Å²) in [6, 6.07) is 9.80. The number of benzene rings is 2. The van der Waals surface area contributed by atoms with Crippen molar-refractivity contribution in [2.45, 2.75) is 13.0 Å². The smallest absolute Gasteiger partial charge is 0.247 e. The second-order valence-electron chi connectivity index (χ2n) is 5.36. The first-order valence-corrected chi connectivity index (χ1v) is 10.1. The molecule has 1 amide bonds. The van der Waals surface area contributed by atoms with Crippen molar-refractivity contribution in [3.8, 4) is 0 Å². The molecule has 0 aliphatic heterocycles. The van der Waals surface area contributed by atoms with Gasteiger partial charge in [0, 0.05) is 20.8 Å². The quantitative estimate of drug-likeness (QED) is 0.776. The molecule has 25 heavy (non-hydrogen) atoms. The molecule has 0 spiro atoms. The van der Waals surface area contributed by atoms with Crippen molar-refractivity contribution in [2.75, 3.05) is 15.9 Å². The second kappa shape index (κ2) is 7.83. The van der Waals surface area contributed by atoms with Gasteiger partial charge in [0.15, 0.2) is 0 Å². The Balaban J connectivity index is 2.33. The van der Waals surface area contributed by atoms with Crippen LogP contribution in [0.25, 0.3) is 0 Å². The molecular formula is C16H15Cl3N2O3S. The third kappa shape index (κ3) is 5.25. The molecule has 0 saturated heterocycles. The average Bonchev–Trinajstić information content (AvgIpc) is 2.44. The Kier molecular flexibility index (Phi) is 6.21. The zero-order valence-electron chi connectivity index (χ0n) is 13.3. The van der Waals surface area contributed by atoms with Crippen molar-refractivity contribution >= 4 is 62.1 Å². The van der Waals surface area contributed by atoms with E-state index < -0.39 is 22.0 Å². The maximum Gasteiger partial charge on any atom is 0.247 e. The van der Waals surface area contributed by atoms with Gasteiger partial charge in [0.05, 0.1) is 11.9 Å². The van der Waals surface area contributed by atoms with Crippen LogP contribution in [-0.2, 0) is 14.8 Å². The average molecular weight is 422 g/mol. The van der Waals surface area contributed by atoms with E-state index in [4.69, 9.17) is 34.8 Å². The number of halogens is 3. The predicted octanol–water partition coefficient (Wildman–Crippen LogP) is 4.44. The Morgan fingerprint density at radius 2 is 1.64 bits per heavy atom. The zero-order valence-corrected chi connectivity index (χ0v) is 16.4. The first-order chi connectivity index (χ1) is 11.6. The van der Waals surface area contributed by atoms with Crippen molar-refractivity contribution in [1.82, 2.24) is 0 Å². The zero-order chi connectivity index (χ0) is 18.8. The number of rotatable bonds is 5. The number of amides is 1. The second-order valence-corrected chi connectivity index (χ2v) is 8.53. The van der Waals surface area contributed by atoms with E-state index in [9.17, 15) is 13.2 Å². The highest BCUT2D eigenvalue weighted by Gasteiger charge is 2.29. The van der Waals surface area contributed by atoms with Gasteiger partial charge in [-0.1, -0.05) is 40.9 Å². The molecule has 1 atom stereocenters. The van der Waals surface area contributed by atoms with Gasteiger partial charge in [-0.3, -0.25) is 9.10 Å². The molecule has 1 N–H and O–H groups in total. The van der Waals surface area contributed by atoms with Crippen LogP contribution in [0.4, 0.5) is 11.4 Å². The normalized spacial score (nSPS) is 12.5. The maximum atomic E-state index is 12.5. The van der Waals surface area contributed by atoms with Crippen LogP contribution in [0, 0.1) is 0 Å². The fourth-order valence-electron chi connectivity index (χ4n) is 2.29. The van der Waals surface area contributed by atoms with E-state index >= 15 is 0 Å². The lowest BCUT2D eigenvalue weighted by atomic mass is 10.2. The van der Waals surface area contributed by atoms with Crippen LogP contribution in [0.15, 0.2) is 42.5 Å². The first-order valence-electron chi connectivity index (χ1n) is 7.10. The van der Waals surface area contributed by atoms with Crippen LogP contribution in [0.2, 0.25) is 15.1 Å². The number of carbonyl (C=O) groups excluding carboxylic acids is 1. The van der Waals surface area contributed by atoms with Crippen molar-refractivity contribution in [1.29, 1.82) is 0 Å². The Bertz CT molecular complexity index is 883. The predicted molar refractivity (Wildman–Crippen MR) is 103 cm³/mol. The van der Waals surface area contributed by atoms with Crippen LogP contribution in [0.3, 0.4) is 0 Å². The highest BCUT2D eigenvalue weighted by atomic mass is 35.5. The molecule has 0 unspecified atom stereocenters. The molecule has 2 aromatic rings. The summed E-state index contributed by atoms with van der Waals surface area (Å²) in [4.78, 5) is 12.5. The fraction of sp³-hybridized carbons (Fsp3) is 0.188. The molecule has 5 nitrogen and oxygen atoms in total. The van der Waals surface area contributed by atoms with Gasteiger partial charge in [-0.25, -0.2) is 8.42 Å². The van der Waals surface area contributed by atoms with Gasteiger partial charge in [-0.05, 0) is 43.3 Å². The van der Waals surface area contributed by atoms with E-state index in [0.29, 0.717) is 26.4 Å². The molecule has 0 heterocycles. The Morgan fingerprint density at radius 3 is 2.16 bits per heavy atom.